The van der Waals surface area contributed by atoms with Gasteiger partial charge in [-0.2, -0.15) is 0 Å². The smallest absolute Gasteiger partial charge is 0.337 e. The maximum atomic E-state index is 11.3. The highest BCUT2D eigenvalue weighted by molar-refractivity contribution is 5.75. The van der Waals surface area contributed by atoms with Crippen LogP contribution in [0.5, 0.6) is 0 Å². The fourth-order valence-electron chi connectivity index (χ4n) is 1.97. The van der Waals surface area contributed by atoms with E-state index in [0.29, 0.717) is 0 Å². The van der Waals surface area contributed by atoms with Crippen molar-refractivity contribution in [3.63, 3.8) is 0 Å². The molecule has 0 aliphatic carbocycles. The van der Waals surface area contributed by atoms with Gasteiger partial charge in [-0.3, -0.25) is 0 Å². The Morgan fingerprint density at radius 2 is 2.06 bits per heavy atom. The third kappa shape index (κ3) is 2.81. The molecule has 0 radical (unpaired) electrons. The van der Waals surface area contributed by atoms with Crippen LogP contribution in [0.1, 0.15) is 20.8 Å². The third-order valence-corrected chi connectivity index (χ3v) is 2.92. The lowest BCUT2D eigenvalue weighted by Crippen LogP contribution is -2.57. The summed E-state index contributed by atoms with van der Waals surface area (Å²) < 4.78 is 15.2. The summed E-state index contributed by atoms with van der Waals surface area (Å²) in [7, 11) is 1.10. The summed E-state index contributed by atoms with van der Waals surface area (Å²) in [4.78, 5) is 11.3. The van der Waals surface area contributed by atoms with Crippen molar-refractivity contribution in [3.8, 4) is 0 Å². The first-order chi connectivity index (χ1) is 8.15. The number of carbonyl (C=O) groups excluding carboxylic acids is 1. The molecule has 0 saturated carbocycles. The molecule has 0 unspecified atom stereocenters. The van der Waals surface area contributed by atoms with Crippen molar-refractivity contribution < 1.29 is 34.3 Å². The van der Waals surface area contributed by atoms with Gasteiger partial charge in [0.25, 0.3) is 0 Å². The van der Waals surface area contributed by atoms with Crippen LogP contribution < -0.4 is 0 Å². The second-order valence-corrected chi connectivity index (χ2v) is 4.93. The number of hydrogen-bond acceptors (Lipinski definition) is 7. The predicted octanol–water partition coefficient (Wildman–Crippen LogP) is -1.22. The number of carbonyl (C=O) groups is 1. The molecule has 0 amide bonds. The summed E-state index contributed by atoms with van der Waals surface area (Å²) in [6.45, 7) is 4.04. The maximum absolute atomic E-state index is 11.3. The summed E-state index contributed by atoms with van der Waals surface area (Å²) in [5, 5.41) is 29.2. The summed E-state index contributed by atoms with van der Waals surface area (Å²) >= 11 is 0. The lowest BCUT2D eigenvalue weighted by atomic mass is 9.89. The van der Waals surface area contributed by atoms with Gasteiger partial charge in [-0.05, 0) is 20.8 Å². The molecule has 106 valence electrons. The molecular formula is C11H20O7. The molecule has 18 heavy (non-hydrogen) atoms. The van der Waals surface area contributed by atoms with Gasteiger partial charge in [0, 0.05) is 0 Å². The summed E-state index contributed by atoms with van der Waals surface area (Å²) in [5.74, 6) is -2.00. The van der Waals surface area contributed by atoms with Gasteiger partial charge < -0.3 is 29.5 Å². The van der Waals surface area contributed by atoms with E-state index in [9.17, 15) is 20.1 Å². The van der Waals surface area contributed by atoms with Crippen molar-refractivity contribution >= 4 is 5.97 Å². The Bertz CT molecular complexity index is 313. The van der Waals surface area contributed by atoms with Crippen LogP contribution in [0.2, 0.25) is 0 Å². The van der Waals surface area contributed by atoms with Crippen LogP contribution >= 0.6 is 0 Å². The molecule has 1 aliphatic heterocycles. The summed E-state index contributed by atoms with van der Waals surface area (Å²) in [6.07, 6.45) is -3.68. The zero-order valence-corrected chi connectivity index (χ0v) is 10.9. The lowest BCUT2D eigenvalue weighted by Gasteiger charge is -2.34. The van der Waals surface area contributed by atoms with Crippen molar-refractivity contribution in [1.82, 2.24) is 0 Å². The molecule has 7 heteroatoms. The monoisotopic (exact) mass is 264 g/mol. The first kappa shape index (κ1) is 15.3. The van der Waals surface area contributed by atoms with Crippen molar-refractivity contribution in [1.29, 1.82) is 0 Å². The highest BCUT2D eigenvalue weighted by Gasteiger charge is 2.54. The van der Waals surface area contributed by atoms with Gasteiger partial charge in [-0.1, -0.05) is 0 Å². The van der Waals surface area contributed by atoms with Gasteiger partial charge in [0.05, 0.1) is 13.7 Å². The second-order valence-electron chi connectivity index (χ2n) is 4.93. The van der Waals surface area contributed by atoms with E-state index in [-0.39, 0.29) is 0 Å². The van der Waals surface area contributed by atoms with E-state index >= 15 is 0 Å². The van der Waals surface area contributed by atoms with E-state index in [2.05, 4.69) is 4.74 Å². The van der Waals surface area contributed by atoms with E-state index in [4.69, 9.17) is 9.47 Å². The minimum absolute atomic E-state index is 0.405. The molecule has 1 heterocycles. The average molecular weight is 264 g/mol. The predicted molar refractivity (Wildman–Crippen MR) is 59.6 cm³/mol. The Balaban J connectivity index is 2.93. The van der Waals surface area contributed by atoms with Gasteiger partial charge in [0.2, 0.25) is 0 Å². The highest BCUT2D eigenvalue weighted by atomic mass is 16.8. The number of methoxy groups -OCH3 is 1. The second kappa shape index (κ2) is 5.10. The Labute approximate surface area is 105 Å². The zero-order valence-electron chi connectivity index (χ0n) is 10.9. The summed E-state index contributed by atoms with van der Waals surface area (Å²) in [5.41, 5.74) is -1.94. The average Bonchev–Trinajstić information content (AvgIpc) is 2.63. The molecule has 0 aromatic rings. The van der Waals surface area contributed by atoms with E-state index in [1.165, 1.54) is 6.92 Å². The fraction of sp³-hybridized carbons (Fsp3) is 0.909. The molecule has 0 bridgehead atoms. The van der Waals surface area contributed by atoms with Crippen LogP contribution in [0.15, 0.2) is 0 Å². The first-order valence-electron chi connectivity index (χ1n) is 5.60. The number of rotatable bonds is 4. The van der Waals surface area contributed by atoms with Crippen LogP contribution in [0.3, 0.4) is 0 Å². The molecule has 1 saturated heterocycles. The third-order valence-electron chi connectivity index (χ3n) is 2.92. The molecule has 1 aliphatic rings. The standard InChI is InChI=1S/C11H20O7/c1-10(2)17-6(5-12)8(18-10)11(3,15)7(13)9(14)16-4/h6-8,12-13,15H,5H2,1-4H3/t6-,7-,8-,11+/m1/s1. The molecule has 3 N–H and O–H groups in total. The first-order valence-corrected chi connectivity index (χ1v) is 5.60. The molecule has 0 aromatic heterocycles. The molecule has 0 spiro atoms. The number of esters is 1. The van der Waals surface area contributed by atoms with Gasteiger partial charge in [0.15, 0.2) is 11.9 Å². The molecule has 1 fully saturated rings. The lowest BCUT2D eigenvalue weighted by molar-refractivity contribution is -0.199. The number of hydrogen-bond donors (Lipinski definition) is 3. The van der Waals surface area contributed by atoms with Crippen molar-refractivity contribution in [2.24, 2.45) is 0 Å². The van der Waals surface area contributed by atoms with Gasteiger partial charge in [-0.15, -0.1) is 0 Å². The van der Waals surface area contributed by atoms with Crippen LogP contribution in [0.4, 0.5) is 0 Å². The highest BCUT2D eigenvalue weighted by Crippen LogP contribution is 2.35. The SMILES string of the molecule is COC(=O)[C@@H](O)[C@](C)(O)[C@@H]1OC(C)(C)O[C@@H]1CO. The number of aliphatic hydroxyl groups is 3. The van der Waals surface area contributed by atoms with Crippen molar-refractivity contribution in [2.45, 2.75) is 50.5 Å². The fourth-order valence-corrected chi connectivity index (χ4v) is 1.97. The van der Waals surface area contributed by atoms with E-state index < -0.39 is 42.3 Å². The van der Waals surface area contributed by atoms with Crippen molar-refractivity contribution in [2.75, 3.05) is 13.7 Å². The minimum atomic E-state index is -1.94. The Morgan fingerprint density at radius 3 is 2.50 bits per heavy atom. The normalized spacial score (nSPS) is 31.7. The Kier molecular flexibility index (Phi) is 4.34. The van der Waals surface area contributed by atoms with E-state index in [1.54, 1.807) is 13.8 Å². The maximum Gasteiger partial charge on any atom is 0.337 e. The Morgan fingerprint density at radius 1 is 1.50 bits per heavy atom. The largest absolute Gasteiger partial charge is 0.467 e. The van der Waals surface area contributed by atoms with Gasteiger partial charge in [0.1, 0.15) is 17.8 Å². The Hall–Kier alpha value is -0.730. The number of aliphatic hydroxyl groups excluding tert-OH is 2. The minimum Gasteiger partial charge on any atom is -0.467 e. The topological polar surface area (TPSA) is 105 Å². The van der Waals surface area contributed by atoms with Crippen LogP contribution in [0, 0.1) is 0 Å². The molecule has 1 rings (SSSR count). The van der Waals surface area contributed by atoms with E-state index in [0.717, 1.165) is 7.11 Å². The molecule has 0 aromatic carbocycles. The summed E-state index contributed by atoms with van der Waals surface area (Å²) in [6, 6.07) is 0. The van der Waals surface area contributed by atoms with Crippen molar-refractivity contribution in [3.05, 3.63) is 0 Å². The van der Waals surface area contributed by atoms with Gasteiger partial charge >= 0.3 is 5.97 Å². The molecule has 7 nitrogen and oxygen atoms in total. The molecular weight excluding hydrogens is 244 g/mol. The molecule has 4 atom stereocenters. The zero-order chi connectivity index (χ0) is 14.1. The quantitative estimate of drug-likeness (QED) is 0.547. The van der Waals surface area contributed by atoms with Crippen LogP contribution in [-0.2, 0) is 19.0 Å². The van der Waals surface area contributed by atoms with Gasteiger partial charge in [-0.25, -0.2) is 4.79 Å². The van der Waals surface area contributed by atoms with Crippen LogP contribution in [0.25, 0.3) is 0 Å². The number of ether oxygens (including phenoxy) is 3. The van der Waals surface area contributed by atoms with E-state index in [1.807, 2.05) is 0 Å². The van der Waals surface area contributed by atoms with Crippen LogP contribution in [-0.4, -0.2) is 64.7 Å².